The predicted octanol–water partition coefficient (Wildman–Crippen LogP) is 5.80. The van der Waals surface area contributed by atoms with Crippen molar-refractivity contribution in [1.29, 1.82) is 0 Å². The van der Waals surface area contributed by atoms with Gasteiger partial charge in [-0.05, 0) is 36.6 Å². The number of amides is 1. The summed E-state index contributed by atoms with van der Waals surface area (Å²) in [5.74, 6) is 1.21. The van der Waals surface area contributed by atoms with Crippen molar-refractivity contribution in [3.05, 3.63) is 119 Å². The number of carbonyl (C=O) groups excluding carboxylic acids is 1. The summed E-state index contributed by atoms with van der Waals surface area (Å²) in [5.41, 5.74) is 6.35. The van der Waals surface area contributed by atoms with Crippen LogP contribution in [0.15, 0.2) is 91.5 Å². The van der Waals surface area contributed by atoms with Crippen LogP contribution in [0.4, 0.5) is 0 Å². The zero-order chi connectivity index (χ0) is 27.5. The number of carbonyl (C=O) groups is 1. The first-order chi connectivity index (χ1) is 19.6. The highest BCUT2D eigenvalue weighted by molar-refractivity contribution is 6.00. The molecule has 1 aliphatic heterocycles. The molecular weight excluding hydrogens is 502 g/mol. The Morgan fingerprint density at radius 3 is 2.55 bits per heavy atom. The van der Waals surface area contributed by atoms with Gasteiger partial charge in [-0.2, -0.15) is 5.10 Å². The van der Waals surface area contributed by atoms with Crippen molar-refractivity contribution in [2.24, 2.45) is 0 Å². The highest BCUT2D eigenvalue weighted by atomic mass is 16.5. The zero-order valence-corrected chi connectivity index (χ0v) is 22.6. The summed E-state index contributed by atoms with van der Waals surface area (Å²) < 4.78 is 13.9. The Morgan fingerprint density at radius 1 is 0.975 bits per heavy atom. The van der Waals surface area contributed by atoms with E-state index < -0.39 is 0 Å². The molecule has 0 radical (unpaired) electrons. The van der Waals surface area contributed by atoms with Crippen LogP contribution in [0.3, 0.4) is 0 Å². The number of hydrogen-bond donors (Lipinski definition) is 1. The van der Waals surface area contributed by atoms with Gasteiger partial charge in [0.25, 0.3) is 5.91 Å². The number of methoxy groups -OCH3 is 1. The van der Waals surface area contributed by atoms with Crippen LogP contribution >= 0.6 is 0 Å². The summed E-state index contributed by atoms with van der Waals surface area (Å²) in [6.45, 7) is 3.83. The van der Waals surface area contributed by atoms with Gasteiger partial charge in [-0.25, -0.2) is 4.98 Å². The second-order valence-electron chi connectivity index (χ2n) is 9.97. The van der Waals surface area contributed by atoms with E-state index in [4.69, 9.17) is 9.47 Å². The highest BCUT2D eigenvalue weighted by Crippen LogP contribution is 2.44. The summed E-state index contributed by atoms with van der Waals surface area (Å²) in [6, 6.07) is 23.8. The van der Waals surface area contributed by atoms with Gasteiger partial charge in [-0.15, -0.1) is 0 Å². The average molecular weight is 534 g/mol. The maximum absolute atomic E-state index is 13.7. The van der Waals surface area contributed by atoms with E-state index in [0.717, 1.165) is 40.9 Å². The number of imidazole rings is 1. The van der Waals surface area contributed by atoms with Crippen LogP contribution in [0.2, 0.25) is 0 Å². The van der Waals surface area contributed by atoms with Crippen molar-refractivity contribution in [2.45, 2.75) is 32.5 Å². The van der Waals surface area contributed by atoms with Gasteiger partial charge in [0.1, 0.15) is 12.3 Å². The number of nitrogens with zero attached hydrogens (tertiary/aromatic N) is 4. The Balaban J connectivity index is 1.35. The Labute approximate surface area is 233 Å². The van der Waals surface area contributed by atoms with Gasteiger partial charge in [-0.3, -0.25) is 9.89 Å². The molecule has 0 saturated heterocycles. The van der Waals surface area contributed by atoms with Crippen molar-refractivity contribution in [2.75, 3.05) is 13.7 Å². The van der Waals surface area contributed by atoms with Gasteiger partial charge in [0.15, 0.2) is 11.5 Å². The topological polar surface area (TPSA) is 85.3 Å². The van der Waals surface area contributed by atoms with E-state index in [0.29, 0.717) is 30.3 Å². The second-order valence-corrected chi connectivity index (χ2v) is 9.97. The monoisotopic (exact) mass is 533 g/mol. The predicted molar refractivity (Wildman–Crippen MR) is 152 cm³/mol. The lowest BCUT2D eigenvalue weighted by molar-refractivity contribution is 0.0739. The average Bonchev–Trinajstić information content (AvgIpc) is 3.72. The molecule has 1 unspecified atom stereocenters. The standard InChI is InChI=1S/C32H31N5O3/c1-22-9-11-24(12-10-22)29-28-30(35-34-29)32(38)37(17-6-16-36-18-15-33-21-36)31(28)25-13-14-26(27(19-25)39-2)40-20-23-7-4-3-5-8-23/h3-5,7-15,18-19,21,31H,6,16-17,20H2,1-2H3,(H,34,35). The minimum absolute atomic E-state index is 0.0557. The fraction of sp³-hybridized carbons (Fsp3) is 0.219. The van der Waals surface area contributed by atoms with Crippen LogP contribution in [-0.4, -0.2) is 44.2 Å². The number of aromatic nitrogens is 4. The maximum atomic E-state index is 13.7. The van der Waals surface area contributed by atoms with Crippen LogP contribution in [0, 0.1) is 6.92 Å². The van der Waals surface area contributed by atoms with Crippen LogP contribution in [0.25, 0.3) is 11.3 Å². The van der Waals surface area contributed by atoms with E-state index in [9.17, 15) is 4.79 Å². The third-order valence-corrected chi connectivity index (χ3v) is 7.30. The Bertz CT molecular complexity index is 1590. The lowest BCUT2D eigenvalue weighted by atomic mass is 9.95. The number of rotatable bonds is 10. The number of hydrogen-bond acceptors (Lipinski definition) is 5. The molecule has 1 N–H and O–H groups in total. The first kappa shape index (κ1) is 25.4. The van der Waals surface area contributed by atoms with E-state index in [-0.39, 0.29) is 11.9 Å². The number of H-pyrrole nitrogens is 1. The summed E-state index contributed by atoms with van der Waals surface area (Å²) in [5, 5.41) is 7.65. The van der Waals surface area contributed by atoms with Gasteiger partial charge in [0.05, 0.1) is 25.2 Å². The summed E-state index contributed by atoms with van der Waals surface area (Å²) in [7, 11) is 1.64. The molecule has 40 heavy (non-hydrogen) atoms. The van der Waals surface area contributed by atoms with Crippen molar-refractivity contribution in [3.8, 4) is 22.8 Å². The van der Waals surface area contributed by atoms with Crippen LogP contribution in [0.5, 0.6) is 11.5 Å². The van der Waals surface area contributed by atoms with E-state index in [1.807, 2.05) is 64.2 Å². The molecule has 3 aromatic carbocycles. The summed E-state index contributed by atoms with van der Waals surface area (Å²) in [6.07, 6.45) is 6.28. The normalized spacial score (nSPS) is 14.4. The molecule has 3 heterocycles. The number of benzene rings is 3. The molecule has 0 spiro atoms. The number of aromatic amines is 1. The lowest BCUT2D eigenvalue weighted by Gasteiger charge is -2.27. The number of fused-ring (bicyclic) bond motifs is 1. The van der Waals surface area contributed by atoms with E-state index in [1.54, 1.807) is 19.6 Å². The third kappa shape index (κ3) is 4.96. The Kier molecular flexibility index (Phi) is 7.06. The summed E-state index contributed by atoms with van der Waals surface area (Å²) >= 11 is 0. The molecule has 8 heteroatoms. The van der Waals surface area contributed by atoms with Crippen LogP contribution < -0.4 is 9.47 Å². The molecule has 8 nitrogen and oxygen atoms in total. The number of ether oxygens (including phenoxy) is 2. The molecule has 1 amide bonds. The molecule has 0 bridgehead atoms. The van der Waals surface area contributed by atoms with Gasteiger partial charge < -0.3 is 18.9 Å². The second kappa shape index (κ2) is 11.1. The fourth-order valence-corrected chi connectivity index (χ4v) is 5.26. The van der Waals surface area contributed by atoms with E-state index in [2.05, 4.69) is 46.4 Å². The van der Waals surface area contributed by atoms with Gasteiger partial charge in [0, 0.05) is 36.6 Å². The van der Waals surface area contributed by atoms with Crippen LogP contribution in [0.1, 0.15) is 45.2 Å². The molecular formula is C32H31N5O3. The third-order valence-electron chi connectivity index (χ3n) is 7.30. The molecule has 6 rings (SSSR count). The molecule has 1 aliphatic rings. The maximum Gasteiger partial charge on any atom is 0.273 e. The summed E-state index contributed by atoms with van der Waals surface area (Å²) in [4.78, 5) is 19.8. The quantitative estimate of drug-likeness (QED) is 0.245. The molecule has 5 aromatic rings. The zero-order valence-electron chi connectivity index (χ0n) is 22.6. The first-order valence-corrected chi connectivity index (χ1v) is 13.4. The largest absolute Gasteiger partial charge is 0.493 e. The van der Waals surface area contributed by atoms with Crippen LogP contribution in [-0.2, 0) is 13.2 Å². The fourth-order valence-electron chi connectivity index (χ4n) is 5.26. The van der Waals surface area contributed by atoms with Gasteiger partial charge >= 0.3 is 0 Å². The van der Waals surface area contributed by atoms with Crippen molar-refractivity contribution in [3.63, 3.8) is 0 Å². The van der Waals surface area contributed by atoms with Crippen molar-refractivity contribution in [1.82, 2.24) is 24.6 Å². The number of aryl methyl sites for hydroxylation is 2. The highest BCUT2D eigenvalue weighted by Gasteiger charge is 2.42. The SMILES string of the molecule is COc1cc(C2c3c(-c4ccc(C)cc4)n[nH]c3C(=O)N2CCCn2ccnc2)ccc1OCc1ccccc1. The molecule has 0 aliphatic carbocycles. The van der Waals surface area contributed by atoms with Crippen molar-refractivity contribution < 1.29 is 14.3 Å². The minimum Gasteiger partial charge on any atom is -0.493 e. The van der Waals surface area contributed by atoms with Gasteiger partial charge in [-0.1, -0.05) is 66.2 Å². The molecule has 1 atom stereocenters. The Morgan fingerprint density at radius 2 is 1.80 bits per heavy atom. The lowest BCUT2D eigenvalue weighted by Crippen LogP contribution is -2.31. The smallest absolute Gasteiger partial charge is 0.273 e. The van der Waals surface area contributed by atoms with Crippen molar-refractivity contribution >= 4 is 5.91 Å². The van der Waals surface area contributed by atoms with Gasteiger partial charge in [0.2, 0.25) is 0 Å². The molecule has 0 fully saturated rings. The molecule has 0 saturated carbocycles. The minimum atomic E-state index is -0.322. The molecule has 2 aromatic heterocycles. The first-order valence-electron chi connectivity index (χ1n) is 13.4. The molecule has 202 valence electrons. The van der Waals surface area contributed by atoms with E-state index in [1.165, 1.54) is 5.56 Å². The number of nitrogens with one attached hydrogen (secondary N) is 1. The Hall–Kier alpha value is -4.85. The van der Waals surface area contributed by atoms with E-state index >= 15 is 0 Å².